The number of benzene rings is 2. The van der Waals surface area contributed by atoms with Gasteiger partial charge < -0.3 is 20.3 Å². The van der Waals surface area contributed by atoms with E-state index in [0.717, 1.165) is 6.26 Å². The van der Waals surface area contributed by atoms with Gasteiger partial charge in [-0.2, -0.15) is 0 Å². The van der Waals surface area contributed by atoms with Gasteiger partial charge in [0.1, 0.15) is 22.1 Å². The summed E-state index contributed by atoms with van der Waals surface area (Å²) in [6.07, 6.45) is 0.785. The van der Waals surface area contributed by atoms with Crippen LogP contribution >= 0.6 is 0 Å². The molecular formula is C16H17NO6S. The van der Waals surface area contributed by atoms with Crippen molar-refractivity contribution in [3.8, 4) is 17.2 Å². The average molecular weight is 351 g/mol. The van der Waals surface area contributed by atoms with Gasteiger partial charge in [0, 0.05) is 6.26 Å². The van der Waals surface area contributed by atoms with Crippen LogP contribution in [-0.4, -0.2) is 32.4 Å². The van der Waals surface area contributed by atoms with Crippen molar-refractivity contribution < 1.29 is 27.8 Å². The maximum absolute atomic E-state index is 12.1. The minimum Gasteiger partial charge on any atom is -0.491 e. The van der Waals surface area contributed by atoms with Gasteiger partial charge in [-0.25, -0.2) is 8.42 Å². The Morgan fingerprint density at radius 3 is 2.33 bits per heavy atom. The fraction of sp³-hybridized carbons (Fsp3) is 0.188. The number of carboxylic acid groups (broad SMARTS) is 1. The SMILES string of the molecule is CS(=O)(=O)c1c(Oc2ccccc2)ccc(OCCC(=O)O)c1N. The molecule has 3 N–H and O–H groups in total. The summed E-state index contributed by atoms with van der Waals surface area (Å²) in [6.45, 7) is -0.123. The molecule has 2 rings (SSSR count). The predicted molar refractivity (Wildman–Crippen MR) is 88.2 cm³/mol. The lowest BCUT2D eigenvalue weighted by Gasteiger charge is -2.15. The number of hydrogen-bond acceptors (Lipinski definition) is 6. The van der Waals surface area contributed by atoms with Crippen molar-refractivity contribution in [1.82, 2.24) is 0 Å². The van der Waals surface area contributed by atoms with Gasteiger partial charge >= 0.3 is 5.97 Å². The number of sulfone groups is 1. The second-order valence-electron chi connectivity index (χ2n) is 4.98. The van der Waals surface area contributed by atoms with Crippen molar-refractivity contribution in [2.45, 2.75) is 11.3 Å². The van der Waals surface area contributed by atoms with Crippen LogP contribution in [0.4, 0.5) is 5.69 Å². The number of aliphatic carboxylic acids is 1. The quantitative estimate of drug-likeness (QED) is 0.735. The molecule has 7 nitrogen and oxygen atoms in total. The number of ether oxygens (including phenoxy) is 2. The van der Waals surface area contributed by atoms with Crippen LogP contribution in [0.15, 0.2) is 47.4 Å². The number of nitrogen functional groups attached to an aromatic ring is 1. The molecule has 0 bridgehead atoms. The lowest BCUT2D eigenvalue weighted by Crippen LogP contribution is -2.10. The number of hydrogen-bond donors (Lipinski definition) is 2. The molecule has 0 aliphatic heterocycles. The lowest BCUT2D eigenvalue weighted by atomic mass is 10.2. The predicted octanol–water partition coefficient (Wildman–Crippen LogP) is 2.32. The van der Waals surface area contributed by atoms with E-state index in [9.17, 15) is 13.2 Å². The summed E-state index contributed by atoms with van der Waals surface area (Å²) < 4.78 is 35.0. The van der Waals surface area contributed by atoms with Gasteiger partial charge in [-0.1, -0.05) is 18.2 Å². The molecule has 0 heterocycles. The third-order valence-electron chi connectivity index (χ3n) is 3.04. The molecule has 0 fully saturated rings. The molecule has 128 valence electrons. The van der Waals surface area contributed by atoms with E-state index in [0.29, 0.717) is 5.75 Å². The van der Waals surface area contributed by atoms with Crippen molar-refractivity contribution in [3.63, 3.8) is 0 Å². The van der Waals surface area contributed by atoms with Gasteiger partial charge in [-0.3, -0.25) is 4.79 Å². The molecule has 8 heteroatoms. The summed E-state index contributed by atoms with van der Waals surface area (Å²) in [5, 5.41) is 8.63. The van der Waals surface area contributed by atoms with Gasteiger partial charge in [-0.15, -0.1) is 0 Å². The molecule has 0 aromatic heterocycles. The standard InChI is InChI=1S/C16H17NO6S/c1-24(20,21)16-13(23-11-5-3-2-4-6-11)8-7-12(15(16)17)22-10-9-14(18)19/h2-8H,9-10,17H2,1H3,(H,18,19). The monoisotopic (exact) mass is 351 g/mol. The number of anilines is 1. The zero-order chi connectivity index (χ0) is 17.7. The molecule has 0 atom stereocenters. The van der Waals surface area contributed by atoms with Gasteiger partial charge in [-0.05, 0) is 24.3 Å². The summed E-state index contributed by atoms with van der Waals surface area (Å²) in [4.78, 5) is 10.3. The molecular weight excluding hydrogens is 334 g/mol. The first kappa shape index (κ1) is 17.6. The van der Waals surface area contributed by atoms with E-state index in [-0.39, 0.29) is 35.1 Å². The molecule has 0 unspecified atom stereocenters. The maximum Gasteiger partial charge on any atom is 0.306 e. The van der Waals surface area contributed by atoms with Crippen LogP contribution in [0.25, 0.3) is 0 Å². The van der Waals surface area contributed by atoms with Gasteiger partial charge in [0.2, 0.25) is 0 Å². The van der Waals surface area contributed by atoms with Crippen LogP contribution in [0.5, 0.6) is 17.2 Å². The molecule has 0 aliphatic carbocycles. The van der Waals surface area contributed by atoms with E-state index in [1.54, 1.807) is 30.3 Å². The van der Waals surface area contributed by atoms with Crippen LogP contribution in [0, 0.1) is 0 Å². The highest BCUT2D eigenvalue weighted by Crippen LogP contribution is 2.38. The highest BCUT2D eigenvalue weighted by molar-refractivity contribution is 7.91. The molecule has 0 spiro atoms. The molecule has 2 aromatic carbocycles. The van der Waals surface area contributed by atoms with E-state index in [1.807, 2.05) is 0 Å². The summed E-state index contributed by atoms with van der Waals surface area (Å²) in [5.74, 6) is -0.397. The number of rotatable bonds is 7. The first-order valence-electron chi connectivity index (χ1n) is 6.99. The van der Waals surface area contributed by atoms with E-state index in [1.165, 1.54) is 12.1 Å². The number of carboxylic acids is 1. The van der Waals surface area contributed by atoms with Crippen molar-refractivity contribution in [2.24, 2.45) is 0 Å². The van der Waals surface area contributed by atoms with Gasteiger partial charge in [0.25, 0.3) is 0 Å². The first-order valence-corrected chi connectivity index (χ1v) is 8.88. The van der Waals surface area contributed by atoms with Crippen molar-refractivity contribution in [3.05, 3.63) is 42.5 Å². The molecule has 0 radical (unpaired) electrons. The minimum absolute atomic E-state index is 0.0757. The zero-order valence-corrected chi connectivity index (χ0v) is 13.7. The minimum atomic E-state index is -3.69. The fourth-order valence-corrected chi connectivity index (χ4v) is 2.99. The van der Waals surface area contributed by atoms with Crippen LogP contribution in [0.3, 0.4) is 0 Å². The van der Waals surface area contributed by atoms with Crippen LogP contribution in [0.1, 0.15) is 6.42 Å². The number of carbonyl (C=O) groups is 1. The van der Waals surface area contributed by atoms with Gasteiger partial charge in [0.15, 0.2) is 9.84 Å². The molecule has 24 heavy (non-hydrogen) atoms. The normalized spacial score (nSPS) is 11.0. The third kappa shape index (κ3) is 4.39. The molecule has 0 aliphatic rings. The average Bonchev–Trinajstić information content (AvgIpc) is 2.49. The van der Waals surface area contributed by atoms with Crippen LogP contribution < -0.4 is 15.2 Å². The molecule has 0 saturated carbocycles. The molecule has 0 saturated heterocycles. The lowest BCUT2D eigenvalue weighted by molar-refractivity contribution is -0.137. The summed E-state index contributed by atoms with van der Waals surface area (Å²) in [6, 6.07) is 11.5. The van der Waals surface area contributed by atoms with Crippen molar-refractivity contribution >= 4 is 21.5 Å². The second-order valence-corrected chi connectivity index (χ2v) is 6.94. The molecule has 0 amide bonds. The first-order chi connectivity index (χ1) is 11.3. The largest absolute Gasteiger partial charge is 0.491 e. The highest BCUT2D eigenvalue weighted by atomic mass is 32.2. The van der Waals surface area contributed by atoms with Crippen molar-refractivity contribution in [1.29, 1.82) is 0 Å². The van der Waals surface area contributed by atoms with E-state index < -0.39 is 15.8 Å². The second kappa shape index (κ2) is 7.22. The number of para-hydroxylation sites is 1. The number of nitrogens with two attached hydrogens (primary N) is 1. The van der Waals surface area contributed by atoms with Gasteiger partial charge in [0.05, 0.1) is 18.7 Å². The van der Waals surface area contributed by atoms with Crippen molar-refractivity contribution in [2.75, 3.05) is 18.6 Å². The Morgan fingerprint density at radius 2 is 1.75 bits per heavy atom. The smallest absolute Gasteiger partial charge is 0.306 e. The van der Waals surface area contributed by atoms with Crippen LogP contribution in [0.2, 0.25) is 0 Å². The van der Waals surface area contributed by atoms with E-state index >= 15 is 0 Å². The Hall–Kier alpha value is -2.74. The summed E-state index contributed by atoms with van der Waals surface area (Å²) in [5.41, 5.74) is 5.79. The summed E-state index contributed by atoms with van der Waals surface area (Å²) >= 11 is 0. The maximum atomic E-state index is 12.1. The third-order valence-corrected chi connectivity index (χ3v) is 4.20. The van der Waals surface area contributed by atoms with E-state index in [4.69, 9.17) is 20.3 Å². The Bertz CT molecular complexity index is 833. The van der Waals surface area contributed by atoms with E-state index in [2.05, 4.69) is 0 Å². The Morgan fingerprint density at radius 1 is 1.12 bits per heavy atom. The summed E-state index contributed by atoms with van der Waals surface area (Å²) in [7, 11) is -3.69. The Balaban J connectivity index is 2.38. The zero-order valence-electron chi connectivity index (χ0n) is 12.9. The fourth-order valence-electron chi connectivity index (χ4n) is 2.01. The molecule has 2 aromatic rings. The Kier molecular flexibility index (Phi) is 5.30. The Labute approximate surface area is 139 Å². The topological polar surface area (TPSA) is 116 Å². The highest BCUT2D eigenvalue weighted by Gasteiger charge is 2.22. The van der Waals surface area contributed by atoms with Crippen LogP contribution in [-0.2, 0) is 14.6 Å².